The van der Waals surface area contributed by atoms with E-state index in [1.54, 1.807) is 0 Å². The summed E-state index contributed by atoms with van der Waals surface area (Å²) in [6, 6.07) is 1.94. The number of esters is 1. The molecule has 2 N–H and O–H groups in total. The van der Waals surface area contributed by atoms with Gasteiger partial charge in [0.1, 0.15) is 5.82 Å². The molecule has 0 amide bonds. The third kappa shape index (κ3) is 3.72. The molecule has 0 saturated carbocycles. The Labute approximate surface area is 110 Å². The van der Waals surface area contributed by atoms with Crippen molar-refractivity contribution in [1.29, 1.82) is 0 Å². The summed E-state index contributed by atoms with van der Waals surface area (Å²) in [5.41, 5.74) is -0.276. The largest absolute Gasteiger partial charge is 0.465 e. The lowest BCUT2D eigenvalue weighted by atomic mass is 10.2. The molecule has 106 valence electrons. The number of ether oxygens (including phenoxy) is 1. The summed E-state index contributed by atoms with van der Waals surface area (Å²) >= 11 is 0. The number of halogens is 1. The van der Waals surface area contributed by atoms with Crippen LogP contribution in [0.3, 0.4) is 0 Å². The molecule has 0 aliphatic heterocycles. The van der Waals surface area contributed by atoms with Gasteiger partial charge in [0.05, 0.1) is 24.2 Å². The van der Waals surface area contributed by atoms with E-state index in [9.17, 15) is 17.6 Å². The van der Waals surface area contributed by atoms with Crippen LogP contribution in [0.1, 0.15) is 17.3 Å². The first kappa shape index (κ1) is 15.5. The Hall–Kier alpha value is -1.51. The van der Waals surface area contributed by atoms with Crippen LogP contribution in [0.4, 0.5) is 4.39 Å². The fraction of sp³-hybridized carbons (Fsp3) is 0.364. The fourth-order valence-electron chi connectivity index (χ4n) is 1.36. The van der Waals surface area contributed by atoms with Gasteiger partial charge in [0.15, 0.2) is 0 Å². The molecule has 8 heteroatoms. The lowest BCUT2D eigenvalue weighted by molar-refractivity contribution is 0.0596. The lowest BCUT2D eigenvalue weighted by Gasteiger charge is -2.13. The smallest absolute Gasteiger partial charge is 0.339 e. The summed E-state index contributed by atoms with van der Waals surface area (Å²) in [6.45, 7) is 0.997. The second-order valence-electron chi connectivity index (χ2n) is 3.84. The Morgan fingerprint density at radius 3 is 2.68 bits per heavy atom. The minimum absolute atomic E-state index is 0.276. The summed E-state index contributed by atoms with van der Waals surface area (Å²) in [7, 11) is -3.04. The van der Waals surface area contributed by atoms with Gasteiger partial charge in [-0.3, -0.25) is 0 Å². The molecule has 1 aromatic rings. The number of hydrogen-bond acceptors (Lipinski definition) is 5. The van der Waals surface area contributed by atoms with Crippen molar-refractivity contribution in [2.45, 2.75) is 17.9 Å². The molecule has 1 atom stereocenters. The number of aliphatic hydroxyl groups excluding tert-OH is 1. The fourth-order valence-corrected chi connectivity index (χ4v) is 2.80. The molecule has 1 rings (SSSR count). The zero-order valence-corrected chi connectivity index (χ0v) is 11.2. The van der Waals surface area contributed by atoms with E-state index in [1.807, 2.05) is 0 Å². The van der Waals surface area contributed by atoms with Gasteiger partial charge in [0, 0.05) is 6.04 Å². The maximum absolute atomic E-state index is 13.2. The Bertz CT molecular complexity index is 572. The maximum Gasteiger partial charge on any atom is 0.339 e. The molecule has 0 spiro atoms. The van der Waals surface area contributed by atoms with Gasteiger partial charge in [0.25, 0.3) is 0 Å². The number of hydrogen-bond donors (Lipinski definition) is 2. The topological polar surface area (TPSA) is 92.7 Å². The van der Waals surface area contributed by atoms with Crippen LogP contribution < -0.4 is 4.72 Å². The molecular formula is C11H14FNO5S. The predicted molar refractivity (Wildman–Crippen MR) is 64.6 cm³/mol. The van der Waals surface area contributed by atoms with Gasteiger partial charge in [-0.1, -0.05) is 0 Å². The SMILES string of the molecule is COC(=O)c1ccc(F)cc1S(=O)(=O)N[C@@H](C)CO. The highest BCUT2D eigenvalue weighted by Gasteiger charge is 2.25. The summed E-state index contributed by atoms with van der Waals surface area (Å²) in [4.78, 5) is 10.9. The molecular weight excluding hydrogens is 277 g/mol. The van der Waals surface area contributed by atoms with Crippen molar-refractivity contribution < 1.29 is 27.4 Å². The number of sulfonamides is 1. The average Bonchev–Trinajstić information content (AvgIpc) is 2.37. The number of carbonyl (C=O) groups is 1. The van der Waals surface area contributed by atoms with Crippen molar-refractivity contribution in [3.8, 4) is 0 Å². The average molecular weight is 291 g/mol. The van der Waals surface area contributed by atoms with Crippen LogP contribution in [0, 0.1) is 5.82 Å². The molecule has 0 radical (unpaired) electrons. The van der Waals surface area contributed by atoms with Crippen molar-refractivity contribution in [3.05, 3.63) is 29.6 Å². The molecule has 6 nitrogen and oxygen atoms in total. The van der Waals surface area contributed by atoms with Crippen LogP contribution in [0.2, 0.25) is 0 Å². The number of nitrogens with one attached hydrogen (secondary N) is 1. The van der Waals surface area contributed by atoms with Crippen molar-refractivity contribution in [1.82, 2.24) is 4.72 Å². The Balaban J connectivity index is 3.32. The first-order valence-electron chi connectivity index (χ1n) is 5.33. The number of rotatable bonds is 5. The van der Waals surface area contributed by atoms with Gasteiger partial charge in [-0.15, -0.1) is 0 Å². The van der Waals surface area contributed by atoms with Crippen LogP contribution in [0.25, 0.3) is 0 Å². The molecule has 0 aromatic heterocycles. The first-order chi connectivity index (χ1) is 8.81. The van der Waals surface area contributed by atoms with E-state index >= 15 is 0 Å². The summed E-state index contributed by atoms with van der Waals surface area (Å²) in [5.74, 6) is -1.69. The van der Waals surface area contributed by atoms with E-state index in [4.69, 9.17) is 5.11 Å². The van der Waals surface area contributed by atoms with E-state index in [-0.39, 0.29) is 5.56 Å². The summed E-state index contributed by atoms with van der Waals surface area (Å²) < 4.78 is 43.7. The van der Waals surface area contributed by atoms with E-state index in [2.05, 4.69) is 9.46 Å². The number of carbonyl (C=O) groups excluding carboxylic acids is 1. The van der Waals surface area contributed by atoms with Crippen LogP contribution in [0.15, 0.2) is 23.1 Å². The lowest BCUT2D eigenvalue weighted by Crippen LogP contribution is -2.35. The molecule has 0 unspecified atom stereocenters. The Morgan fingerprint density at radius 1 is 1.53 bits per heavy atom. The summed E-state index contributed by atoms with van der Waals surface area (Å²) in [6.07, 6.45) is 0. The van der Waals surface area contributed by atoms with Gasteiger partial charge in [-0.05, 0) is 25.1 Å². The van der Waals surface area contributed by atoms with Gasteiger partial charge in [-0.2, -0.15) is 0 Å². The van der Waals surface area contributed by atoms with E-state index < -0.39 is 39.4 Å². The van der Waals surface area contributed by atoms with Crippen LogP contribution >= 0.6 is 0 Å². The second kappa shape index (κ2) is 6.09. The Kier molecular flexibility index (Phi) is 4.98. The van der Waals surface area contributed by atoms with E-state index in [0.29, 0.717) is 0 Å². The third-order valence-corrected chi connectivity index (χ3v) is 3.90. The van der Waals surface area contributed by atoms with Crippen molar-refractivity contribution in [3.63, 3.8) is 0 Å². The molecule has 19 heavy (non-hydrogen) atoms. The van der Waals surface area contributed by atoms with Gasteiger partial charge in [-0.25, -0.2) is 22.3 Å². The monoisotopic (exact) mass is 291 g/mol. The Morgan fingerprint density at radius 2 is 2.16 bits per heavy atom. The van der Waals surface area contributed by atoms with Crippen molar-refractivity contribution in [2.75, 3.05) is 13.7 Å². The highest BCUT2D eigenvalue weighted by Crippen LogP contribution is 2.18. The van der Waals surface area contributed by atoms with Crippen LogP contribution in [0.5, 0.6) is 0 Å². The minimum Gasteiger partial charge on any atom is -0.465 e. The standard InChI is InChI=1S/C11H14FNO5S/c1-7(6-14)13-19(16,17)10-5-8(12)3-4-9(10)11(15)18-2/h3-5,7,13-14H,6H2,1-2H3/t7-/m0/s1. The van der Waals surface area contributed by atoms with Crippen molar-refractivity contribution in [2.24, 2.45) is 0 Å². The maximum atomic E-state index is 13.2. The third-order valence-electron chi connectivity index (χ3n) is 2.27. The van der Waals surface area contributed by atoms with E-state index in [0.717, 1.165) is 25.3 Å². The predicted octanol–water partition coefficient (Wildman–Crippen LogP) is 0.271. The molecule has 1 aromatic carbocycles. The van der Waals surface area contributed by atoms with Crippen LogP contribution in [-0.2, 0) is 14.8 Å². The minimum atomic E-state index is -4.13. The highest BCUT2D eigenvalue weighted by atomic mass is 32.2. The zero-order chi connectivity index (χ0) is 14.6. The van der Waals surface area contributed by atoms with Gasteiger partial charge >= 0.3 is 5.97 Å². The first-order valence-corrected chi connectivity index (χ1v) is 6.81. The van der Waals surface area contributed by atoms with Crippen LogP contribution in [-0.4, -0.2) is 39.3 Å². The number of methoxy groups -OCH3 is 1. The van der Waals surface area contributed by atoms with Gasteiger partial charge in [0.2, 0.25) is 10.0 Å². The normalized spacial score (nSPS) is 13.1. The number of benzene rings is 1. The van der Waals surface area contributed by atoms with Gasteiger partial charge < -0.3 is 9.84 Å². The molecule has 0 bridgehead atoms. The second-order valence-corrected chi connectivity index (χ2v) is 5.52. The highest BCUT2D eigenvalue weighted by molar-refractivity contribution is 7.89. The number of aliphatic hydroxyl groups is 1. The summed E-state index contributed by atoms with van der Waals surface area (Å²) in [5, 5.41) is 8.83. The molecule has 0 heterocycles. The zero-order valence-electron chi connectivity index (χ0n) is 10.4. The quantitative estimate of drug-likeness (QED) is 0.760. The molecule has 0 aliphatic rings. The molecule has 0 fully saturated rings. The molecule has 0 aliphatic carbocycles. The van der Waals surface area contributed by atoms with E-state index in [1.165, 1.54) is 6.92 Å². The van der Waals surface area contributed by atoms with Crippen molar-refractivity contribution >= 4 is 16.0 Å². The molecule has 0 saturated heterocycles.